The topological polar surface area (TPSA) is 52.3 Å². The number of Topliss-reactive ketones (excluding diaryl/α,β-unsaturated/α-hetero) is 1. The second-order valence-corrected chi connectivity index (χ2v) is 4.27. The van der Waals surface area contributed by atoms with Crippen LogP contribution in [-0.4, -0.2) is 19.4 Å². The molecule has 1 aromatic rings. The third kappa shape index (κ3) is 2.67. The molecule has 0 saturated carbocycles. The number of ketones is 1. The van der Waals surface area contributed by atoms with E-state index >= 15 is 0 Å². The summed E-state index contributed by atoms with van der Waals surface area (Å²) in [4.78, 5) is 12.3. The highest BCUT2D eigenvalue weighted by molar-refractivity contribution is 5.99. The molecule has 17 heavy (non-hydrogen) atoms. The van der Waals surface area contributed by atoms with Crippen LogP contribution in [0.4, 0.5) is 0 Å². The number of hydrogen-bond acceptors (Lipinski definition) is 3. The molecular weight excluding hydrogens is 214 g/mol. The van der Waals surface area contributed by atoms with Crippen molar-refractivity contribution in [1.29, 1.82) is 0 Å². The van der Waals surface area contributed by atoms with Gasteiger partial charge in [-0.1, -0.05) is 6.92 Å². The second kappa shape index (κ2) is 5.82. The van der Waals surface area contributed by atoms with Crippen molar-refractivity contribution in [3.63, 3.8) is 0 Å². The van der Waals surface area contributed by atoms with Gasteiger partial charge in [0.15, 0.2) is 5.78 Å². The molecule has 0 radical (unpaired) electrons. The molecule has 0 aliphatic heterocycles. The number of methoxy groups -OCH3 is 1. The predicted octanol–water partition coefficient (Wildman–Crippen LogP) is 2.48. The Kier molecular flexibility index (Phi) is 4.70. The number of rotatable bonds is 5. The van der Waals surface area contributed by atoms with Gasteiger partial charge in [-0.15, -0.1) is 0 Å². The minimum absolute atomic E-state index is 0.0819. The van der Waals surface area contributed by atoms with Crippen molar-refractivity contribution < 1.29 is 9.53 Å². The van der Waals surface area contributed by atoms with Gasteiger partial charge in [-0.25, -0.2) is 0 Å². The SMILES string of the molecule is CCC(CN)C(=O)c1ccc(OC)c(C)c1C. The molecule has 0 aliphatic carbocycles. The lowest BCUT2D eigenvalue weighted by Crippen LogP contribution is -2.23. The fourth-order valence-electron chi connectivity index (χ4n) is 1.96. The summed E-state index contributed by atoms with van der Waals surface area (Å²) in [5, 5.41) is 0. The molecule has 0 bridgehead atoms. The van der Waals surface area contributed by atoms with Gasteiger partial charge in [-0.3, -0.25) is 4.79 Å². The van der Waals surface area contributed by atoms with Crippen LogP contribution in [0.5, 0.6) is 5.75 Å². The smallest absolute Gasteiger partial charge is 0.167 e. The molecule has 1 aromatic carbocycles. The molecule has 0 aliphatic rings. The van der Waals surface area contributed by atoms with E-state index in [1.807, 2.05) is 32.9 Å². The minimum atomic E-state index is -0.0819. The largest absolute Gasteiger partial charge is 0.496 e. The monoisotopic (exact) mass is 235 g/mol. The first-order chi connectivity index (χ1) is 8.06. The first-order valence-corrected chi connectivity index (χ1v) is 5.95. The highest BCUT2D eigenvalue weighted by Gasteiger charge is 2.20. The molecule has 1 rings (SSSR count). The second-order valence-electron chi connectivity index (χ2n) is 4.27. The Labute approximate surface area is 103 Å². The third-order valence-electron chi connectivity index (χ3n) is 3.37. The van der Waals surface area contributed by atoms with Gasteiger partial charge in [0.2, 0.25) is 0 Å². The van der Waals surface area contributed by atoms with E-state index in [2.05, 4.69) is 0 Å². The van der Waals surface area contributed by atoms with Gasteiger partial charge >= 0.3 is 0 Å². The van der Waals surface area contributed by atoms with Crippen LogP contribution in [0.25, 0.3) is 0 Å². The van der Waals surface area contributed by atoms with E-state index in [1.165, 1.54) is 0 Å². The summed E-state index contributed by atoms with van der Waals surface area (Å²) in [5.74, 6) is 0.875. The molecule has 0 fully saturated rings. The Morgan fingerprint density at radius 3 is 2.47 bits per heavy atom. The van der Waals surface area contributed by atoms with Crippen molar-refractivity contribution in [2.75, 3.05) is 13.7 Å². The Morgan fingerprint density at radius 2 is 2.00 bits per heavy atom. The van der Waals surface area contributed by atoms with Crippen molar-refractivity contribution >= 4 is 5.78 Å². The van der Waals surface area contributed by atoms with Gasteiger partial charge in [0.05, 0.1) is 7.11 Å². The van der Waals surface area contributed by atoms with E-state index < -0.39 is 0 Å². The standard InChI is InChI=1S/C14H21NO2/c1-5-11(8-15)14(16)12-6-7-13(17-4)10(3)9(12)2/h6-7,11H,5,8,15H2,1-4H3. The van der Waals surface area contributed by atoms with E-state index in [-0.39, 0.29) is 11.7 Å². The Bertz CT molecular complexity index is 409. The van der Waals surface area contributed by atoms with Crippen LogP contribution in [0.2, 0.25) is 0 Å². The Balaban J connectivity index is 3.15. The van der Waals surface area contributed by atoms with E-state index in [9.17, 15) is 4.79 Å². The zero-order valence-electron chi connectivity index (χ0n) is 11.0. The normalized spacial score (nSPS) is 12.3. The number of benzene rings is 1. The predicted molar refractivity (Wildman–Crippen MR) is 69.6 cm³/mol. The summed E-state index contributed by atoms with van der Waals surface area (Å²) >= 11 is 0. The molecule has 0 amide bonds. The summed E-state index contributed by atoms with van der Waals surface area (Å²) in [6.07, 6.45) is 0.778. The summed E-state index contributed by atoms with van der Waals surface area (Å²) in [7, 11) is 1.64. The average Bonchev–Trinajstić information content (AvgIpc) is 2.34. The molecular formula is C14H21NO2. The first kappa shape index (κ1) is 13.7. The number of ether oxygens (including phenoxy) is 1. The molecule has 0 spiro atoms. The average molecular weight is 235 g/mol. The van der Waals surface area contributed by atoms with Crippen LogP contribution in [0, 0.1) is 19.8 Å². The molecule has 3 heteroatoms. The van der Waals surface area contributed by atoms with Crippen molar-refractivity contribution in [2.24, 2.45) is 11.7 Å². The van der Waals surface area contributed by atoms with Crippen LogP contribution in [-0.2, 0) is 0 Å². The molecule has 0 saturated heterocycles. The number of carbonyl (C=O) groups excluding carboxylic acids is 1. The number of carbonyl (C=O) groups is 1. The molecule has 94 valence electrons. The quantitative estimate of drug-likeness (QED) is 0.798. The molecule has 1 atom stereocenters. The Morgan fingerprint density at radius 1 is 1.35 bits per heavy atom. The zero-order valence-corrected chi connectivity index (χ0v) is 11.0. The fraction of sp³-hybridized carbons (Fsp3) is 0.500. The van der Waals surface area contributed by atoms with E-state index in [0.29, 0.717) is 6.54 Å². The van der Waals surface area contributed by atoms with Crippen molar-refractivity contribution in [3.05, 3.63) is 28.8 Å². The molecule has 1 unspecified atom stereocenters. The van der Waals surface area contributed by atoms with Gasteiger partial charge in [0.25, 0.3) is 0 Å². The minimum Gasteiger partial charge on any atom is -0.496 e. The molecule has 0 aromatic heterocycles. The first-order valence-electron chi connectivity index (χ1n) is 5.95. The van der Waals surface area contributed by atoms with Gasteiger partial charge in [-0.2, -0.15) is 0 Å². The third-order valence-corrected chi connectivity index (χ3v) is 3.37. The van der Waals surface area contributed by atoms with E-state index in [1.54, 1.807) is 7.11 Å². The summed E-state index contributed by atoms with van der Waals surface area (Å²) in [6, 6.07) is 3.68. The Hall–Kier alpha value is -1.35. The maximum absolute atomic E-state index is 12.3. The van der Waals surface area contributed by atoms with Gasteiger partial charge in [0.1, 0.15) is 5.75 Å². The summed E-state index contributed by atoms with van der Waals surface area (Å²) < 4.78 is 5.24. The molecule has 0 heterocycles. The lowest BCUT2D eigenvalue weighted by molar-refractivity contribution is 0.0920. The van der Waals surface area contributed by atoms with E-state index in [4.69, 9.17) is 10.5 Å². The van der Waals surface area contributed by atoms with Crippen molar-refractivity contribution in [1.82, 2.24) is 0 Å². The van der Waals surface area contributed by atoms with Crippen molar-refractivity contribution in [2.45, 2.75) is 27.2 Å². The zero-order chi connectivity index (χ0) is 13.0. The summed E-state index contributed by atoms with van der Waals surface area (Å²) in [6.45, 7) is 6.31. The summed E-state index contributed by atoms with van der Waals surface area (Å²) in [5.41, 5.74) is 8.39. The number of nitrogens with two attached hydrogens (primary N) is 1. The van der Waals surface area contributed by atoms with Gasteiger partial charge in [0, 0.05) is 18.0 Å². The molecule has 2 N–H and O–H groups in total. The lowest BCUT2D eigenvalue weighted by Gasteiger charge is -2.15. The van der Waals surface area contributed by atoms with Gasteiger partial charge in [-0.05, 0) is 43.5 Å². The molecule has 3 nitrogen and oxygen atoms in total. The van der Waals surface area contributed by atoms with Crippen LogP contribution < -0.4 is 10.5 Å². The van der Waals surface area contributed by atoms with E-state index in [0.717, 1.165) is 28.9 Å². The highest BCUT2D eigenvalue weighted by atomic mass is 16.5. The van der Waals surface area contributed by atoms with Crippen LogP contribution in [0.3, 0.4) is 0 Å². The van der Waals surface area contributed by atoms with Crippen LogP contribution in [0.15, 0.2) is 12.1 Å². The van der Waals surface area contributed by atoms with Crippen molar-refractivity contribution in [3.8, 4) is 5.75 Å². The lowest BCUT2D eigenvalue weighted by atomic mass is 9.91. The van der Waals surface area contributed by atoms with Crippen LogP contribution >= 0.6 is 0 Å². The fourth-order valence-corrected chi connectivity index (χ4v) is 1.96. The number of hydrogen-bond donors (Lipinski definition) is 1. The maximum Gasteiger partial charge on any atom is 0.167 e. The van der Waals surface area contributed by atoms with Crippen LogP contribution in [0.1, 0.15) is 34.8 Å². The maximum atomic E-state index is 12.3. The highest BCUT2D eigenvalue weighted by Crippen LogP contribution is 2.25. The van der Waals surface area contributed by atoms with Gasteiger partial charge < -0.3 is 10.5 Å².